The van der Waals surface area contributed by atoms with E-state index in [4.69, 9.17) is 0 Å². The number of thioether (sulfide) groups is 1. The molecule has 0 saturated carbocycles. The van der Waals surface area contributed by atoms with Crippen LogP contribution in [-0.2, 0) is 11.2 Å². The summed E-state index contributed by atoms with van der Waals surface area (Å²) in [6, 6.07) is 0. The number of hydrogen-bond acceptors (Lipinski definition) is 4. The Morgan fingerprint density at radius 1 is 1.67 bits per heavy atom. The number of rotatable bonds is 6. The van der Waals surface area contributed by atoms with E-state index in [1.807, 2.05) is 0 Å². The molecule has 0 spiro atoms. The summed E-state index contributed by atoms with van der Waals surface area (Å²) >= 11 is 1.64. The van der Waals surface area contributed by atoms with Crippen molar-refractivity contribution in [3.63, 3.8) is 0 Å². The van der Waals surface area contributed by atoms with E-state index in [1.54, 1.807) is 11.8 Å². The second kappa shape index (κ2) is 6.44. The summed E-state index contributed by atoms with van der Waals surface area (Å²) < 4.78 is 0. The standard InChI is InChI=1S/C9H16N4OS/c1-7(2)15-5-9(14)10-4-3-8-11-6-12-13-8/h6-7H,3-5H2,1-2H3,(H,10,14)(H,11,12,13). The van der Waals surface area contributed by atoms with Crippen molar-refractivity contribution in [2.45, 2.75) is 25.5 Å². The fraction of sp³-hybridized carbons (Fsp3) is 0.667. The zero-order valence-electron chi connectivity index (χ0n) is 8.99. The van der Waals surface area contributed by atoms with Crippen LogP contribution >= 0.6 is 11.8 Å². The molecule has 1 aromatic rings. The maximum Gasteiger partial charge on any atom is 0.230 e. The van der Waals surface area contributed by atoms with E-state index >= 15 is 0 Å². The summed E-state index contributed by atoms with van der Waals surface area (Å²) in [4.78, 5) is 15.3. The van der Waals surface area contributed by atoms with Crippen LogP contribution in [-0.4, -0.2) is 38.6 Å². The van der Waals surface area contributed by atoms with Gasteiger partial charge in [-0.15, -0.1) is 11.8 Å². The van der Waals surface area contributed by atoms with Crippen LogP contribution in [0.25, 0.3) is 0 Å². The first kappa shape index (κ1) is 12.0. The molecule has 0 unspecified atom stereocenters. The van der Waals surface area contributed by atoms with Crippen LogP contribution < -0.4 is 5.32 Å². The van der Waals surface area contributed by atoms with Gasteiger partial charge in [-0.25, -0.2) is 4.98 Å². The Labute approximate surface area is 93.4 Å². The molecule has 1 amide bonds. The number of carbonyl (C=O) groups excluding carboxylic acids is 1. The molecule has 0 atom stereocenters. The van der Waals surface area contributed by atoms with Gasteiger partial charge in [0.1, 0.15) is 12.2 Å². The number of H-pyrrole nitrogens is 1. The third kappa shape index (κ3) is 5.41. The minimum Gasteiger partial charge on any atom is -0.355 e. The molecule has 2 N–H and O–H groups in total. The van der Waals surface area contributed by atoms with Crippen LogP contribution in [0, 0.1) is 0 Å². The van der Waals surface area contributed by atoms with E-state index in [9.17, 15) is 4.79 Å². The molecule has 1 heterocycles. The summed E-state index contributed by atoms with van der Waals surface area (Å²) in [6.07, 6.45) is 2.16. The van der Waals surface area contributed by atoms with Crippen molar-refractivity contribution in [1.29, 1.82) is 0 Å². The normalized spacial score (nSPS) is 10.6. The average molecular weight is 228 g/mol. The van der Waals surface area contributed by atoms with Crippen molar-refractivity contribution in [2.24, 2.45) is 0 Å². The Morgan fingerprint density at radius 2 is 2.47 bits per heavy atom. The average Bonchev–Trinajstić information content (AvgIpc) is 2.67. The first-order valence-electron chi connectivity index (χ1n) is 4.91. The minimum absolute atomic E-state index is 0.0771. The second-order valence-corrected chi connectivity index (χ2v) is 4.96. The minimum atomic E-state index is 0.0771. The van der Waals surface area contributed by atoms with E-state index in [0.717, 1.165) is 5.82 Å². The van der Waals surface area contributed by atoms with Crippen LogP contribution in [0.3, 0.4) is 0 Å². The molecule has 0 bridgehead atoms. The van der Waals surface area contributed by atoms with Crippen LogP contribution in [0.15, 0.2) is 6.33 Å². The van der Waals surface area contributed by atoms with Crippen LogP contribution in [0.5, 0.6) is 0 Å². The SMILES string of the molecule is CC(C)SCC(=O)NCCc1ncn[nH]1. The van der Waals surface area contributed by atoms with Crippen LogP contribution in [0.1, 0.15) is 19.7 Å². The third-order valence-corrected chi connectivity index (χ3v) is 2.79. The number of amides is 1. The van der Waals surface area contributed by atoms with Crippen molar-refractivity contribution in [3.05, 3.63) is 12.2 Å². The van der Waals surface area contributed by atoms with Crippen molar-refractivity contribution >= 4 is 17.7 Å². The zero-order chi connectivity index (χ0) is 11.1. The Kier molecular flexibility index (Phi) is 5.17. The lowest BCUT2D eigenvalue weighted by Crippen LogP contribution is -2.28. The van der Waals surface area contributed by atoms with Gasteiger partial charge in [-0.05, 0) is 5.25 Å². The van der Waals surface area contributed by atoms with Crippen molar-refractivity contribution in [3.8, 4) is 0 Å². The molecule has 15 heavy (non-hydrogen) atoms. The maximum absolute atomic E-state index is 11.3. The zero-order valence-corrected chi connectivity index (χ0v) is 9.80. The molecule has 0 fully saturated rings. The summed E-state index contributed by atoms with van der Waals surface area (Å²) in [5.41, 5.74) is 0. The molecule has 0 radical (unpaired) electrons. The largest absolute Gasteiger partial charge is 0.355 e. The van der Waals surface area contributed by atoms with Gasteiger partial charge in [-0.3, -0.25) is 9.89 Å². The Bertz CT molecular complexity index is 286. The van der Waals surface area contributed by atoms with Crippen molar-refractivity contribution < 1.29 is 4.79 Å². The second-order valence-electron chi connectivity index (χ2n) is 3.39. The Balaban J connectivity index is 2.07. The van der Waals surface area contributed by atoms with Gasteiger partial charge in [0.05, 0.1) is 5.75 Å². The quantitative estimate of drug-likeness (QED) is 0.748. The number of nitrogens with zero attached hydrogens (tertiary/aromatic N) is 2. The lowest BCUT2D eigenvalue weighted by Gasteiger charge is -2.05. The highest BCUT2D eigenvalue weighted by atomic mass is 32.2. The molecule has 0 aromatic carbocycles. The van der Waals surface area contributed by atoms with Crippen LogP contribution in [0.4, 0.5) is 0 Å². The molecular formula is C9H16N4OS. The predicted octanol–water partition coefficient (Wildman–Crippen LogP) is 0.605. The molecule has 0 aliphatic rings. The van der Waals surface area contributed by atoms with Crippen molar-refractivity contribution in [1.82, 2.24) is 20.5 Å². The van der Waals surface area contributed by atoms with Crippen LogP contribution in [0.2, 0.25) is 0 Å². The third-order valence-electron chi connectivity index (χ3n) is 1.70. The van der Waals surface area contributed by atoms with Gasteiger partial charge in [-0.1, -0.05) is 13.8 Å². The van der Waals surface area contributed by atoms with E-state index in [2.05, 4.69) is 34.3 Å². The summed E-state index contributed by atoms with van der Waals surface area (Å²) in [7, 11) is 0. The first-order valence-corrected chi connectivity index (χ1v) is 5.96. The molecule has 1 aromatic heterocycles. The molecule has 5 nitrogen and oxygen atoms in total. The number of carbonyl (C=O) groups is 1. The molecule has 0 aliphatic heterocycles. The van der Waals surface area contributed by atoms with Crippen molar-refractivity contribution in [2.75, 3.05) is 12.3 Å². The first-order chi connectivity index (χ1) is 7.18. The highest BCUT2D eigenvalue weighted by molar-refractivity contribution is 8.00. The highest BCUT2D eigenvalue weighted by Crippen LogP contribution is 2.07. The lowest BCUT2D eigenvalue weighted by atomic mass is 10.4. The van der Waals surface area contributed by atoms with Gasteiger partial charge in [0.2, 0.25) is 5.91 Å². The molecular weight excluding hydrogens is 212 g/mol. The highest BCUT2D eigenvalue weighted by Gasteiger charge is 2.03. The molecule has 1 rings (SSSR count). The van der Waals surface area contributed by atoms with Gasteiger partial charge >= 0.3 is 0 Å². The summed E-state index contributed by atoms with van der Waals surface area (Å²) in [5, 5.41) is 9.79. The van der Waals surface area contributed by atoms with Gasteiger partial charge in [-0.2, -0.15) is 5.10 Å². The number of aromatic amines is 1. The fourth-order valence-electron chi connectivity index (χ4n) is 0.965. The number of aromatic nitrogens is 3. The Hall–Kier alpha value is -1.04. The number of nitrogens with one attached hydrogen (secondary N) is 2. The fourth-order valence-corrected chi connectivity index (χ4v) is 1.55. The van der Waals surface area contributed by atoms with E-state index < -0.39 is 0 Å². The topological polar surface area (TPSA) is 70.7 Å². The van der Waals surface area contributed by atoms with Gasteiger partial charge in [0.25, 0.3) is 0 Å². The molecule has 0 aliphatic carbocycles. The monoisotopic (exact) mass is 228 g/mol. The lowest BCUT2D eigenvalue weighted by molar-refractivity contribution is -0.118. The maximum atomic E-state index is 11.3. The number of hydrogen-bond donors (Lipinski definition) is 2. The van der Waals surface area contributed by atoms with Gasteiger partial charge in [0, 0.05) is 13.0 Å². The van der Waals surface area contributed by atoms with Gasteiger partial charge < -0.3 is 5.32 Å². The molecule has 84 valence electrons. The smallest absolute Gasteiger partial charge is 0.230 e. The molecule has 0 saturated heterocycles. The predicted molar refractivity (Wildman–Crippen MR) is 60.7 cm³/mol. The van der Waals surface area contributed by atoms with E-state index in [1.165, 1.54) is 6.33 Å². The Morgan fingerprint density at radius 3 is 3.07 bits per heavy atom. The van der Waals surface area contributed by atoms with Gasteiger partial charge in [0.15, 0.2) is 0 Å². The van der Waals surface area contributed by atoms with E-state index in [0.29, 0.717) is 24.0 Å². The molecule has 6 heteroatoms. The summed E-state index contributed by atoms with van der Waals surface area (Å²) in [6.45, 7) is 4.76. The van der Waals surface area contributed by atoms with E-state index in [-0.39, 0.29) is 5.91 Å². The summed E-state index contributed by atoms with van der Waals surface area (Å²) in [5.74, 6) is 1.40.